The number of amides is 1. The van der Waals surface area contributed by atoms with E-state index in [0.29, 0.717) is 6.04 Å². The summed E-state index contributed by atoms with van der Waals surface area (Å²) in [5.41, 5.74) is 6.22. The molecule has 2 fully saturated rings. The molecule has 32 heavy (non-hydrogen) atoms. The third kappa shape index (κ3) is 4.51. The van der Waals surface area contributed by atoms with Gasteiger partial charge in [-0.3, -0.25) is 9.69 Å². The summed E-state index contributed by atoms with van der Waals surface area (Å²) in [4.78, 5) is 20.7. The number of hydrogen-bond donors (Lipinski definition) is 0. The minimum atomic E-state index is 0.226. The van der Waals surface area contributed by atoms with Crippen molar-refractivity contribution in [1.82, 2.24) is 19.3 Å². The number of aryl methyl sites for hydroxylation is 1. The molecule has 1 aromatic carbocycles. The zero-order valence-corrected chi connectivity index (χ0v) is 19.9. The monoisotopic (exact) mass is 434 g/mol. The Morgan fingerprint density at radius 1 is 0.969 bits per heavy atom. The van der Waals surface area contributed by atoms with Gasteiger partial charge in [0.2, 0.25) is 0 Å². The highest BCUT2D eigenvalue weighted by molar-refractivity contribution is 5.93. The lowest BCUT2D eigenvalue weighted by Gasteiger charge is -2.40. The molecule has 0 bridgehead atoms. The van der Waals surface area contributed by atoms with Gasteiger partial charge >= 0.3 is 0 Å². The number of aromatic nitrogens is 1. The normalized spacial score (nSPS) is 21.0. The Kier molecular flexibility index (Phi) is 6.38. The average molecular weight is 435 g/mol. The van der Waals surface area contributed by atoms with Crippen molar-refractivity contribution in [2.45, 2.75) is 64.6 Å². The van der Waals surface area contributed by atoms with E-state index in [1.807, 2.05) is 0 Å². The van der Waals surface area contributed by atoms with Gasteiger partial charge in [-0.15, -0.1) is 0 Å². The number of rotatable bonds is 4. The van der Waals surface area contributed by atoms with Gasteiger partial charge in [-0.05, 0) is 62.9 Å². The lowest BCUT2D eigenvalue weighted by atomic mass is 9.99. The summed E-state index contributed by atoms with van der Waals surface area (Å²) in [6, 6.07) is 11.7. The van der Waals surface area contributed by atoms with Crippen molar-refractivity contribution >= 4 is 5.91 Å². The molecule has 5 rings (SSSR count). The smallest absolute Gasteiger partial charge is 0.270 e. The first-order valence-electron chi connectivity index (χ1n) is 12.6. The maximum Gasteiger partial charge on any atom is 0.270 e. The third-order valence-corrected chi connectivity index (χ3v) is 7.91. The minimum Gasteiger partial charge on any atom is -0.343 e. The van der Waals surface area contributed by atoms with Gasteiger partial charge < -0.3 is 14.4 Å². The van der Waals surface area contributed by atoms with Crippen molar-refractivity contribution in [3.05, 3.63) is 58.4 Å². The Hall–Kier alpha value is -2.11. The van der Waals surface area contributed by atoms with E-state index in [4.69, 9.17) is 0 Å². The zero-order valence-electron chi connectivity index (χ0n) is 19.9. The molecule has 2 saturated heterocycles. The molecular weight excluding hydrogens is 396 g/mol. The zero-order chi connectivity index (χ0) is 22.1. The fraction of sp³-hybridized carbons (Fsp3) is 0.593. The Labute approximate surface area is 193 Å². The van der Waals surface area contributed by atoms with E-state index in [9.17, 15) is 4.79 Å². The number of likely N-dealkylation sites (tertiary alicyclic amines) is 2. The molecule has 0 N–H and O–H groups in total. The van der Waals surface area contributed by atoms with Gasteiger partial charge in [0.05, 0.1) is 0 Å². The molecular formula is C27H38N4O. The summed E-state index contributed by atoms with van der Waals surface area (Å²) in [7, 11) is 2.09. The van der Waals surface area contributed by atoms with E-state index in [2.05, 4.69) is 63.6 Å². The maximum absolute atomic E-state index is 13.4. The molecule has 0 atom stereocenters. The van der Waals surface area contributed by atoms with Crippen LogP contribution in [0.2, 0.25) is 0 Å². The third-order valence-electron chi connectivity index (χ3n) is 7.91. The second-order valence-electron chi connectivity index (χ2n) is 10.1. The van der Waals surface area contributed by atoms with Gasteiger partial charge in [-0.25, -0.2) is 0 Å². The van der Waals surface area contributed by atoms with Crippen LogP contribution in [-0.2, 0) is 26.6 Å². The van der Waals surface area contributed by atoms with E-state index in [0.717, 1.165) is 57.7 Å². The fourth-order valence-electron chi connectivity index (χ4n) is 5.93. The van der Waals surface area contributed by atoms with Crippen molar-refractivity contribution in [3.8, 4) is 0 Å². The standard InChI is InChI=1S/C27H38N4O/c1-21-6-8-22(9-7-21)19-29-15-12-25-23(20-29)18-26(28(25)2)27(32)31-16-10-24(11-17-31)30-13-4-3-5-14-30/h6-9,18,24H,3-5,10-17,19-20H2,1-2H3. The van der Waals surface area contributed by atoms with Gasteiger partial charge in [-0.2, -0.15) is 0 Å². The van der Waals surface area contributed by atoms with Gasteiger partial charge in [-0.1, -0.05) is 36.2 Å². The number of carbonyl (C=O) groups is 1. The molecule has 1 amide bonds. The van der Waals surface area contributed by atoms with Crippen LogP contribution in [0.25, 0.3) is 0 Å². The van der Waals surface area contributed by atoms with Crippen molar-refractivity contribution in [2.75, 3.05) is 32.7 Å². The molecule has 2 aromatic rings. The summed E-state index contributed by atoms with van der Waals surface area (Å²) in [6.07, 6.45) is 7.33. The van der Waals surface area contributed by atoms with Crippen LogP contribution >= 0.6 is 0 Å². The van der Waals surface area contributed by atoms with Crippen LogP contribution in [0.1, 0.15) is 65.0 Å². The summed E-state index contributed by atoms with van der Waals surface area (Å²) in [6.45, 7) is 9.39. The minimum absolute atomic E-state index is 0.226. The lowest BCUT2D eigenvalue weighted by Crippen LogP contribution is -2.48. The van der Waals surface area contributed by atoms with Crippen molar-refractivity contribution in [2.24, 2.45) is 7.05 Å². The van der Waals surface area contributed by atoms with E-state index >= 15 is 0 Å². The second-order valence-corrected chi connectivity index (χ2v) is 10.1. The molecule has 5 nitrogen and oxygen atoms in total. The molecule has 0 aliphatic carbocycles. The topological polar surface area (TPSA) is 31.7 Å². The first kappa shape index (κ1) is 21.7. The maximum atomic E-state index is 13.4. The molecule has 5 heteroatoms. The van der Waals surface area contributed by atoms with E-state index in [-0.39, 0.29) is 5.91 Å². The Bertz CT molecular complexity index is 933. The molecule has 0 unspecified atom stereocenters. The average Bonchev–Trinajstić information content (AvgIpc) is 3.16. The first-order valence-corrected chi connectivity index (χ1v) is 12.6. The van der Waals surface area contributed by atoms with Crippen LogP contribution in [0.4, 0.5) is 0 Å². The first-order chi connectivity index (χ1) is 15.6. The predicted octanol–water partition coefficient (Wildman–Crippen LogP) is 3.98. The number of hydrogen-bond acceptors (Lipinski definition) is 3. The largest absolute Gasteiger partial charge is 0.343 e. The quantitative estimate of drug-likeness (QED) is 0.729. The van der Waals surface area contributed by atoms with Gasteiger partial charge in [0.15, 0.2) is 0 Å². The number of benzene rings is 1. The number of carbonyl (C=O) groups excluding carboxylic acids is 1. The Morgan fingerprint density at radius 3 is 2.41 bits per heavy atom. The van der Waals surface area contributed by atoms with Gasteiger partial charge in [0.1, 0.15) is 5.69 Å². The van der Waals surface area contributed by atoms with E-state index in [1.165, 1.54) is 54.7 Å². The highest BCUT2D eigenvalue weighted by atomic mass is 16.2. The van der Waals surface area contributed by atoms with Crippen LogP contribution in [0.15, 0.2) is 30.3 Å². The summed E-state index contributed by atoms with van der Waals surface area (Å²) < 4.78 is 2.18. The molecule has 3 aliphatic heterocycles. The van der Waals surface area contributed by atoms with Gasteiger partial charge in [0, 0.05) is 57.9 Å². The number of fused-ring (bicyclic) bond motifs is 1. The Morgan fingerprint density at radius 2 is 1.69 bits per heavy atom. The van der Waals surface area contributed by atoms with Crippen LogP contribution in [0.3, 0.4) is 0 Å². The SMILES string of the molecule is Cc1ccc(CN2CCc3c(cc(C(=O)N4CCC(N5CCCCC5)CC4)n3C)C2)cc1. The Balaban J connectivity index is 1.21. The summed E-state index contributed by atoms with van der Waals surface area (Å²) in [5.74, 6) is 0.226. The molecule has 0 saturated carbocycles. The van der Waals surface area contributed by atoms with Gasteiger partial charge in [0.25, 0.3) is 5.91 Å². The summed E-state index contributed by atoms with van der Waals surface area (Å²) in [5, 5.41) is 0. The number of nitrogens with zero attached hydrogens (tertiary/aromatic N) is 4. The predicted molar refractivity (Wildman–Crippen MR) is 129 cm³/mol. The van der Waals surface area contributed by atoms with Crippen LogP contribution in [0.5, 0.6) is 0 Å². The lowest BCUT2D eigenvalue weighted by molar-refractivity contribution is 0.0581. The molecule has 172 valence electrons. The van der Waals surface area contributed by atoms with Crippen molar-refractivity contribution < 1.29 is 4.79 Å². The number of piperidine rings is 2. The molecule has 4 heterocycles. The highest BCUT2D eigenvalue weighted by Crippen LogP contribution is 2.26. The van der Waals surface area contributed by atoms with Crippen molar-refractivity contribution in [3.63, 3.8) is 0 Å². The molecule has 1 aromatic heterocycles. The molecule has 0 radical (unpaired) electrons. The molecule has 0 spiro atoms. The summed E-state index contributed by atoms with van der Waals surface area (Å²) >= 11 is 0. The molecule has 3 aliphatic rings. The van der Waals surface area contributed by atoms with E-state index in [1.54, 1.807) is 0 Å². The van der Waals surface area contributed by atoms with E-state index < -0.39 is 0 Å². The highest BCUT2D eigenvalue weighted by Gasteiger charge is 2.30. The van der Waals surface area contributed by atoms with Crippen molar-refractivity contribution in [1.29, 1.82) is 0 Å². The second kappa shape index (κ2) is 9.40. The van der Waals surface area contributed by atoms with Crippen LogP contribution in [0, 0.1) is 6.92 Å². The van der Waals surface area contributed by atoms with Crippen LogP contribution < -0.4 is 0 Å². The van der Waals surface area contributed by atoms with Crippen LogP contribution in [-0.4, -0.2) is 63.9 Å². The fourth-order valence-corrected chi connectivity index (χ4v) is 5.93.